The Kier molecular flexibility index (Phi) is 6.06. The van der Waals surface area contributed by atoms with Gasteiger partial charge in [0.05, 0.1) is 11.4 Å². The van der Waals surface area contributed by atoms with Crippen LogP contribution in [-0.2, 0) is 20.0 Å². The molecule has 0 unspecified atom stereocenters. The van der Waals surface area contributed by atoms with Crippen molar-refractivity contribution in [3.63, 3.8) is 0 Å². The van der Waals surface area contributed by atoms with Crippen molar-refractivity contribution in [1.82, 2.24) is 0 Å². The van der Waals surface area contributed by atoms with Gasteiger partial charge in [-0.25, -0.2) is 8.42 Å². The van der Waals surface area contributed by atoms with Gasteiger partial charge in [0.1, 0.15) is 9.79 Å². The van der Waals surface area contributed by atoms with Crippen LogP contribution in [-0.4, -0.2) is 16.8 Å². The van der Waals surface area contributed by atoms with E-state index < -0.39 is 20.0 Å². The number of anilines is 2. The van der Waals surface area contributed by atoms with Crippen molar-refractivity contribution in [2.45, 2.75) is 9.30 Å². The van der Waals surface area contributed by atoms with Crippen molar-refractivity contribution in [3.05, 3.63) is 96.0 Å². The number of furan rings is 1. The van der Waals surface area contributed by atoms with Gasteiger partial charge < -0.3 is 4.42 Å². The third kappa shape index (κ3) is 4.92. The van der Waals surface area contributed by atoms with E-state index in [1.807, 2.05) is 30.3 Å². The largest absolute Gasteiger partial charge is 0.443 e. The summed E-state index contributed by atoms with van der Waals surface area (Å²) in [5.41, 5.74) is 1.28. The second kappa shape index (κ2) is 9.04. The van der Waals surface area contributed by atoms with Gasteiger partial charge in [-0.05, 0) is 42.0 Å². The summed E-state index contributed by atoms with van der Waals surface area (Å²) in [6.45, 7) is 0. The zero-order valence-corrected chi connectivity index (χ0v) is 21.0. The molecule has 35 heavy (non-hydrogen) atoms. The standard InChI is InChI=1S/C24H17ClN2O5S3/c25-18-10-11-19(26-35(30,31)24-13-12-22(33-24)16-6-2-1-3-7-16)20(15-18)27-34(28,29)23-14-17-8-4-5-9-21(17)32-23/h1-15,26-27H. The number of sulfonamides is 2. The Balaban J connectivity index is 1.45. The molecule has 0 aliphatic rings. The number of benzene rings is 3. The molecule has 0 aliphatic heterocycles. The third-order valence-corrected chi connectivity index (χ3v) is 9.49. The maximum Gasteiger partial charge on any atom is 0.295 e. The Morgan fingerprint density at radius 3 is 2.20 bits per heavy atom. The van der Waals surface area contributed by atoms with Crippen LogP contribution in [0.2, 0.25) is 5.02 Å². The van der Waals surface area contributed by atoms with Crippen LogP contribution in [0.1, 0.15) is 0 Å². The first kappa shape index (κ1) is 23.4. The first-order chi connectivity index (χ1) is 16.7. The molecule has 178 valence electrons. The summed E-state index contributed by atoms with van der Waals surface area (Å²) < 4.78 is 62.6. The molecule has 0 spiro atoms. The Labute approximate surface area is 211 Å². The third-order valence-electron chi connectivity index (χ3n) is 5.04. The molecule has 2 N–H and O–H groups in total. The number of hydrogen-bond acceptors (Lipinski definition) is 6. The molecule has 0 radical (unpaired) electrons. The second-order valence-electron chi connectivity index (χ2n) is 7.49. The monoisotopic (exact) mass is 544 g/mol. The minimum absolute atomic E-state index is 0.0174. The van der Waals surface area contributed by atoms with E-state index in [2.05, 4.69) is 9.44 Å². The predicted octanol–water partition coefficient (Wildman–Crippen LogP) is 6.42. The Morgan fingerprint density at radius 1 is 0.714 bits per heavy atom. The fourth-order valence-electron chi connectivity index (χ4n) is 3.39. The van der Waals surface area contributed by atoms with E-state index in [0.29, 0.717) is 11.0 Å². The van der Waals surface area contributed by atoms with E-state index in [1.54, 1.807) is 30.3 Å². The summed E-state index contributed by atoms with van der Waals surface area (Å²) in [6.07, 6.45) is 0. The van der Waals surface area contributed by atoms with Crippen LogP contribution in [0.5, 0.6) is 0 Å². The molecule has 7 nitrogen and oxygen atoms in total. The quantitative estimate of drug-likeness (QED) is 0.246. The number of hydrogen-bond donors (Lipinski definition) is 2. The van der Waals surface area contributed by atoms with Gasteiger partial charge in [-0.2, -0.15) is 8.42 Å². The van der Waals surface area contributed by atoms with Gasteiger partial charge in [-0.15, -0.1) is 11.3 Å². The lowest BCUT2D eigenvalue weighted by Gasteiger charge is -2.13. The van der Waals surface area contributed by atoms with Crippen molar-refractivity contribution in [2.75, 3.05) is 9.44 Å². The molecule has 0 amide bonds. The zero-order valence-electron chi connectivity index (χ0n) is 17.8. The molecule has 0 saturated heterocycles. The number of para-hydroxylation sites is 1. The van der Waals surface area contributed by atoms with Crippen molar-refractivity contribution >= 4 is 65.3 Å². The van der Waals surface area contributed by atoms with Crippen LogP contribution in [0, 0.1) is 0 Å². The molecule has 0 aliphatic carbocycles. The van der Waals surface area contributed by atoms with Crippen LogP contribution in [0.4, 0.5) is 11.4 Å². The van der Waals surface area contributed by atoms with E-state index in [1.165, 1.54) is 30.3 Å². The van der Waals surface area contributed by atoms with Crippen molar-refractivity contribution in [1.29, 1.82) is 0 Å². The highest BCUT2D eigenvalue weighted by atomic mass is 35.5. The molecule has 5 aromatic rings. The van der Waals surface area contributed by atoms with Gasteiger partial charge in [0.25, 0.3) is 20.0 Å². The van der Waals surface area contributed by atoms with Gasteiger partial charge in [0.15, 0.2) is 0 Å². The number of fused-ring (bicyclic) bond motifs is 1. The highest BCUT2D eigenvalue weighted by Gasteiger charge is 2.24. The van der Waals surface area contributed by atoms with Gasteiger partial charge in [-0.1, -0.05) is 60.1 Å². The van der Waals surface area contributed by atoms with Gasteiger partial charge in [0.2, 0.25) is 5.09 Å². The molecular weight excluding hydrogens is 528 g/mol. The van der Waals surface area contributed by atoms with Crippen molar-refractivity contribution in [2.24, 2.45) is 0 Å². The first-order valence-electron chi connectivity index (χ1n) is 10.2. The molecule has 3 aromatic carbocycles. The fraction of sp³-hybridized carbons (Fsp3) is 0. The summed E-state index contributed by atoms with van der Waals surface area (Å²) in [7, 11) is -8.18. The summed E-state index contributed by atoms with van der Waals surface area (Å²) in [5, 5.41) is 0.530. The molecule has 0 atom stereocenters. The van der Waals surface area contributed by atoms with E-state index in [4.69, 9.17) is 16.0 Å². The number of rotatable bonds is 7. The number of nitrogens with one attached hydrogen (secondary N) is 2. The van der Waals surface area contributed by atoms with E-state index in [0.717, 1.165) is 21.8 Å². The smallest absolute Gasteiger partial charge is 0.295 e. The minimum Gasteiger partial charge on any atom is -0.443 e. The molecular formula is C24H17ClN2O5S3. The maximum atomic E-state index is 13.1. The highest BCUT2D eigenvalue weighted by Crippen LogP contribution is 2.34. The van der Waals surface area contributed by atoms with Crippen LogP contribution < -0.4 is 9.44 Å². The number of thiophene rings is 1. The van der Waals surface area contributed by atoms with E-state index in [9.17, 15) is 16.8 Å². The van der Waals surface area contributed by atoms with Crippen LogP contribution >= 0.6 is 22.9 Å². The summed E-state index contributed by atoms with van der Waals surface area (Å²) in [5.74, 6) is 0. The van der Waals surface area contributed by atoms with Gasteiger partial charge in [-0.3, -0.25) is 9.44 Å². The molecule has 0 saturated carbocycles. The second-order valence-corrected chi connectivity index (χ2v) is 12.5. The first-order valence-corrected chi connectivity index (χ1v) is 14.4. The lowest BCUT2D eigenvalue weighted by atomic mass is 10.2. The summed E-state index contributed by atoms with van der Waals surface area (Å²) in [6, 6.07) is 25.1. The lowest BCUT2D eigenvalue weighted by molar-refractivity contribution is 0.484. The summed E-state index contributed by atoms with van der Waals surface area (Å²) in [4.78, 5) is 0.785. The van der Waals surface area contributed by atoms with E-state index in [-0.39, 0.29) is 25.7 Å². The van der Waals surface area contributed by atoms with E-state index >= 15 is 0 Å². The minimum atomic E-state index is -4.17. The molecule has 11 heteroatoms. The fourth-order valence-corrected chi connectivity index (χ4v) is 7.00. The Morgan fingerprint density at radius 2 is 1.43 bits per heavy atom. The SMILES string of the molecule is O=S(=O)(Nc1cc(Cl)ccc1NS(=O)(=O)c1ccc(-c2ccccc2)s1)c1cc2ccccc2o1. The normalized spacial score (nSPS) is 12.0. The van der Waals surface area contributed by atoms with Crippen LogP contribution in [0.25, 0.3) is 21.4 Å². The lowest BCUT2D eigenvalue weighted by Crippen LogP contribution is -2.16. The van der Waals surface area contributed by atoms with Gasteiger partial charge in [0, 0.05) is 21.4 Å². The van der Waals surface area contributed by atoms with Crippen LogP contribution in [0.3, 0.4) is 0 Å². The van der Waals surface area contributed by atoms with Crippen LogP contribution in [0.15, 0.2) is 105 Å². The van der Waals surface area contributed by atoms with Crippen molar-refractivity contribution < 1.29 is 21.3 Å². The maximum absolute atomic E-state index is 13.1. The highest BCUT2D eigenvalue weighted by molar-refractivity contribution is 7.94. The average Bonchev–Trinajstić information content (AvgIpc) is 3.50. The Bertz CT molecular complexity index is 1710. The number of halogens is 1. The molecule has 2 heterocycles. The van der Waals surface area contributed by atoms with Crippen molar-refractivity contribution in [3.8, 4) is 10.4 Å². The molecule has 2 aromatic heterocycles. The summed E-state index contributed by atoms with van der Waals surface area (Å²) >= 11 is 7.19. The Hall–Kier alpha value is -3.31. The molecule has 0 fully saturated rings. The predicted molar refractivity (Wildman–Crippen MR) is 139 cm³/mol. The van der Waals surface area contributed by atoms with Gasteiger partial charge >= 0.3 is 0 Å². The average molecular weight is 545 g/mol. The molecule has 0 bridgehead atoms. The zero-order chi connectivity index (χ0) is 24.6. The molecule has 5 rings (SSSR count). The topological polar surface area (TPSA) is 105 Å².